The minimum Gasteiger partial charge on any atom is -0.308 e. The Labute approximate surface area is 217 Å². The highest BCUT2D eigenvalue weighted by atomic mass is 15.1. The Bertz CT molecular complexity index is 497. The molecule has 0 aromatic carbocycles. The molecule has 1 fully saturated rings. The molecule has 1 N–H and O–H groups in total. The number of rotatable bonds is 22. The quantitative estimate of drug-likeness (QED) is 0.153. The second-order valence-electron chi connectivity index (χ2n) is 13.1. The van der Waals surface area contributed by atoms with Crippen LogP contribution in [0.5, 0.6) is 0 Å². The van der Waals surface area contributed by atoms with Crippen LogP contribution in [-0.2, 0) is 0 Å². The van der Waals surface area contributed by atoms with E-state index in [4.69, 9.17) is 0 Å². The molecule has 0 aromatic rings. The summed E-state index contributed by atoms with van der Waals surface area (Å²) < 4.78 is 0. The Balaban J connectivity index is 2.46. The third-order valence-corrected chi connectivity index (χ3v) is 9.91. The fourth-order valence-corrected chi connectivity index (χ4v) is 7.03. The van der Waals surface area contributed by atoms with Gasteiger partial charge in [-0.1, -0.05) is 126 Å². The van der Waals surface area contributed by atoms with E-state index >= 15 is 0 Å². The van der Waals surface area contributed by atoms with Crippen molar-refractivity contribution in [1.29, 1.82) is 0 Å². The van der Waals surface area contributed by atoms with E-state index in [0.717, 1.165) is 29.7 Å². The molecule has 1 heteroatoms. The maximum Gasteiger partial charge on any atom is 0.0135 e. The molecule has 0 bridgehead atoms. The number of hydrogen-bond donors (Lipinski definition) is 1. The predicted octanol–water partition coefficient (Wildman–Crippen LogP) is 11.0. The van der Waals surface area contributed by atoms with Gasteiger partial charge >= 0.3 is 0 Å². The molecule has 0 aromatic heterocycles. The largest absolute Gasteiger partial charge is 0.308 e. The average Bonchev–Trinajstić information content (AvgIpc) is 3.48. The first-order valence-electron chi connectivity index (χ1n) is 16.0. The molecule has 0 spiro atoms. The number of hydrogen-bond acceptors (Lipinski definition) is 1. The lowest BCUT2D eigenvalue weighted by atomic mass is 9.69. The van der Waals surface area contributed by atoms with Crippen molar-refractivity contribution < 1.29 is 0 Å². The topological polar surface area (TPSA) is 12.0 Å². The Kier molecular flexibility index (Phi) is 15.7. The molecule has 34 heavy (non-hydrogen) atoms. The van der Waals surface area contributed by atoms with Crippen LogP contribution in [0.15, 0.2) is 0 Å². The minimum absolute atomic E-state index is 0.303. The van der Waals surface area contributed by atoms with Crippen molar-refractivity contribution in [2.75, 3.05) is 0 Å². The second kappa shape index (κ2) is 16.7. The SMILES string of the molecule is CCCC(C)CCCCC(CC)(CCC)CC(CC)CCCCC1C(CC)C1NC(C)(C)CC. The van der Waals surface area contributed by atoms with Crippen LogP contribution in [0.1, 0.15) is 171 Å². The van der Waals surface area contributed by atoms with Crippen LogP contribution >= 0.6 is 0 Å². The van der Waals surface area contributed by atoms with Crippen LogP contribution in [0, 0.1) is 29.1 Å². The zero-order valence-electron chi connectivity index (χ0n) is 25.4. The van der Waals surface area contributed by atoms with E-state index in [9.17, 15) is 0 Å². The van der Waals surface area contributed by atoms with E-state index in [1.807, 2.05) is 0 Å². The van der Waals surface area contributed by atoms with E-state index in [0.29, 0.717) is 11.0 Å². The normalized spacial score (nSPS) is 24.1. The number of unbranched alkanes of at least 4 members (excludes halogenated alkanes) is 2. The Morgan fingerprint density at radius 2 is 1.44 bits per heavy atom. The van der Waals surface area contributed by atoms with Gasteiger partial charge in [0, 0.05) is 11.6 Å². The van der Waals surface area contributed by atoms with Gasteiger partial charge in [-0.25, -0.2) is 0 Å². The summed E-state index contributed by atoms with van der Waals surface area (Å²) in [7, 11) is 0. The summed E-state index contributed by atoms with van der Waals surface area (Å²) in [6, 6.07) is 0.791. The molecular weight excluding hydrogens is 410 g/mol. The Hall–Kier alpha value is -0.0400. The molecule has 1 aliphatic carbocycles. The molecule has 1 saturated carbocycles. The van der Waals surface area contributed by atoms with Gasteiger partial charge in [-0.2, -0.15) is 0 Å². The molecule has 6 unspecified atom stereocenters. The average molecular weight is 478 g/mol. The van der Waals surface area contributed by atoms with Crippen LogP contribution in [0.4, 0.5) is 0 Å². The summed E-state index contributed by atoms with van der Waals surface area (Å²) in [4.78, 5) is 0. The van der Waals surface area contributed by atoms with Crippen molar-refractivity contribution in [2.24, 2.45) is 29.1 Å². The third-order valence-electron chi connectivity index (χ3n) is 9.91. The Morgan fingerprint density at radius 1 is 0.735 bits per heavy atom. The first-order chi connectivity index (χ1) is 16.2. The lowest BCUT2D eigenvalue weighted by Gasteiger charge is -2.36. The lowest BCUT2D eigenvalue weighted by molar-refractivity contribution is 0.153. The van der Waals surface area contributed by atoms with E-state index in [1.54, 1.807) is 0 Å². The smallest absolute Gasteiger partial charge is 0.0135 e. The van der Waals surface area contributed by atoms with Gasteiger partial charge in [0.2, 0.25) is 0 Å². The van der Waals surface area contributed by atoms with Crippen LogP contribution in [0.2, 0.25) is 0 Å². The van der Waals surface area contributed by atoms with Crippen LogP contribution in [0.25, 0.3) is 0 Å². The zero-order valence-corrected chi connectivity index (χ0v) is 25.4. The molecule has 204 valence electrons. The lowest BCUT2D eigenvalue weighted by Crippen LogP contribution is -2.41. The van der Waals surface area contributed by atoms with E-state index in [1.165, 1.54) is 109 Å². The molecule has 1 aliphatic rings. The summed E-state index contributed by atoms with van der Waals surface area (Å²) in [5.74, 6) is 3.75. The highest BCUT2D eigenvalue weighted by Crippen LogP contribution is 2.47. The van der Waals surface area contributed by atoms with Gasteiger partial charge in [-0.3, -0.25) is 0 Å². The van der Waals surface area contributed by atoms with Crippen molar-refractivity contribution in [3.63, 3.8) is 0 Å². The molecule has 1 nitrogen and oxygen atoms in total. The zero-order chi connectivity index (χ0) is 25.6. The van der Waals surface area contributed by atoms with Crippen molar-refractivity contribution in [2.45, 2.75) is 183 Å². The summed E-state index contributed by atoms with van der Waals surface area (Å²) in [5.41, 5.74) is 0.922. The fourth-order valence-electron chi connectivity index (χ4n) is 7.03. The van der Waals surface area contributed by atoms with Crippen molar-refractivity contribution in [1.82, 2.24) is 5.32 Å². The third kappa shape index (κ3) is 11.3. The van der Waals surface area contributed by atoms with Crippen LogP contribution in [0.3, 0.4) is 0 Å². The minimum atomic E-state index is 0.303. The summed E-state index contributed by atoms with van der Waals surface area (Å²) in [6.07, 6.45) is 24.1. The van der Waals surface area contributed by atoms with Crippen molar-refractivity contribution in [3.05, 3.63) is 0 Å². The summed E-state index contributed by atoms with van der Waals surface area (Å²) >= 11 is 0. The summed E-state index contributed by atoms with van der Waals surface area (Å²) in [6.45, 7) is 21.6. The van der Waals surface area contributed by atoms with Crippen molar-refractivity contribution >= 4 is 0 Å². The molecule has 1 rings (SSSR count). The molecule has 0 amide bonds. The molecule has 0 aliphatic heterocycles. The first-order valence-corrected chi connectivity index (χ1v) is 16.0. The standard InChI is InChI=1S/C33H67N/c1-10-20-27(7)21-18-19-25-33(15-6,24-11-2)26-28(12-3)22-16-17-23-30-29(13-4)31(30)34-32(8,9)14-5/h27-31,34H,10-26H2,1-9H3. The van der Waals surface area contributed by atoms with Crippen LogP contribution < -0.4 is 5.32 Å². The maximum atomic E-state index is 3.98. The van der Waals surface area contributed by atoms with Gasteiger partial charge in [-0.15, -0.1) is 0 Å². The van der Waals surface area contributed by atoms with Gasteiger partial charge < -0.3 is 5.32 Å². The molecule has 0 heterocycles. The van der Waals surface area contributed by atoms with Gasteiger partial charge in [0.1, 0.15) is 0 Å². The first kappa shape index (κ1) is 32.0. The fraction of sp³-hybridized carbons (Fsp3) is 1.00. The maximum absolute atomic E-state index is 3.98. The van der Waals surface area contributed by atoms with E-state index in [-0.39, 0.29) is 0 Å². The highest BCUT2D eigenvalue weighted by Gasteiger charge is 2.49. The predicted molar refractivity (Wildman–Crippen MR) is 156 cm³/mol. The van der Waals surface area contributed by atoms with Gasteiger partial charge in [-0.05, 0) is 75.0 Å². The molecule has 0 radical (unpaired) electrons. The van der Waals surface area contributed by atoms with Gasteiger partial charge in [0.15, 0.2) is 0 Å². The second-order valence-corrected chi connectivity index (χ2v) is 13.1. The summed E-state index contributed by atoms with van der Waals surface area (Å²) in [5, 5.41) is 3.98. The van der Waals surface area contributed by atoms with Gasteiger partial charge in [0.05, 0.1) is 0 Å². The van der Waals surface area contributed by atoms with Crippen LogP contribution in [-0.4, -0.2) is 11.6 Å². The highest BCUT2D eigenvalue weighted by molar-refractivity contribution is 5.04. The Morgan fingerprint density at radius 3 is 2.00 bits per heavy atom. The monoisotopic (exact) mass is 478 g/mol. The van der Waals surface area contributed by atoms with Gasteiger partial charge in [0.25, 0.3) is 0 Å². The van der Waals surface area contributed by atoms with Crippen molar-refractivity contribution in [3.8, 4) is 0 Å². The van der Waals surface area contributed by atoms with E-state index in [2.05, 4.69) is 67.6 Å². The van der Waals surface area contributed by atoms with E-state index < -0.39 is 0 Å². The molecule has 6 atom stereocenters. The number of nitrogens with one attached hydrogen (secondary N) is 1. The molecule has 0 saturated heterocycles. The molecular formula is C33H67N.